The number of unbranched alkanes of at least 4 members (excludes halogenated alkanes) is 2. The first kappa shape index (κ1) is 11.5. The third kappa shape index (κ3) is 2.58. The maximum Gasteiger partial charge on any atom is 0.0316 e. The number of nitrogens with two attached hydrogens (primary N) is 1. The number of nitrogen functional groups attached to an aromatic ring is 1. The summed E-state index contributed by atoms with van der Waals surface area (Å²) in [7, 11) is 0. The summed E-state index contributed by atoms with van der Waals surface area (Å²) in [5.74, 6) is 0.802. The Kier molecular flexibility index (Phi) is 3.87. The maximum atomic E-state index is 5.85. The van der Waals surface area contributed by atoms with Gasteiger partial charge in [0.2, 0.25) is 0 Å². The normalized spacial score (nSPS) is 19.4. The lowest BCUT2D eigenvalue weighted by molar-refractivity contribution is 0.494. The second kappa shape index (κ2) is 5.38. The SMILES string of the molecule is CCCCCC1CCCc2cc(N)ccc21. The third-order valence-corrected chi connectivity index (χ3v) is 3.76. The molecule has 0 radical (unpaired) electrons. The molecule has 0 spiro atoms. The van der Waals surface area contributed by atoms with Gasteiger partial charge in [-0.05, 0) is 54.9 Å². The van der Waals surface area contributed by atoms with Gasteiger partial charge in [0.25, 0.3) is 0 Å². The zero-order valence-corrected chi connectivity index (χ0v) is 10.3. The highest BCUT2D eigenvalue weighted by Gasteiger charge is 2.19. The summed E-state index contributed by atoms with van der Waals surface area (Å²) in [6, 6.07) is 6.51. The molecule has 0 saturated heterocycles. The van der Waals surface area contributed by atoms with Crippen molar-refractivity contribution in [2.75, 3.05) is 5.73 Å². The van der Waals surface area contributed by atoms with Crippen molar-refractivity contribution in [1.82, 2.24) is 0 Å². The Morgan fingerprint density at radius 1 is 1.31 bits per heavy atom. The van der Waals surface area contributed by atoms with Crippen LogP contribution in [0.3, 0.4) is 0 Å². The monoisotopic (exact) mass is 217 g/mol. The predicted octanol–water partition coefficient (Wildman–Crippen LogP) is 4.27. The van der Waals surface area contributed by atoms with Gasteiger partial charge in [-0.3, -0.25) is 0 Å². The fourth-order valence-electron chi connectivity index (χ4n) is 2.88. The average Bonchev–Trinajstić information content (AvgIpc) is 2.29. The second-order valence-corrected chi connectivity index (χ2v) is 5.04. The van der Waals surface area contributed by atoms with Crippen molar-refractivity contribution in [2.24, 2.45) is 0 Å². The van der Waals surface area contributed by atoms with Crippen LogP contribution in [0.5, 0.6) is 0 Å². The highest BCUT2D eigenvalue weighted by molar-refractivity contribution is 5.46. The summed E-state index contributed by atoms with van der Waals surface area (Å²) in [4.78, 5) is 0. The molecule has 1 aliphatic carbocycles. The number of rotatable bonds is 4. The van der Waals surface area contributed by atoms with Gasteiger partial charge in [-0.2, -0.15) is 0 Å². The molecule has 0 saturated carbocycles. The summed E-state index contributed by atoms with van der Waals surface area (Å²) >= 11 is 0. The van der Waals surface area contributed by atoms with E-state index in [1.54, 1.807) is 5.56 Å². The maximum absolute atomic E-state index is 5.85. The van der Waals surface area contributed by atoms with Crippen molar-refractivity contribution in [3.63, 3.8) is 0 Å². The van der Waals surface area contributed by atoms with Gasteiger partial charge >= 0.3 is 0 Å². The minimum absolute atomic E-state index is 0.802. The summed E-state index contributed by atoms with van der Waals surface area (Å²) in [6.45, 7) is 2.27. The van der Waals surface area contributed by atoms with Gasteiger partial charge in [0.05, 0.1) is 0 Å². The number of anilines is 1. The van der Waals surface area contributed by atoms with Gasteiger partial charge in [0.1, 0.15) is 0 Å². The lowest BCUT2D eigenvalue weighted by Gasteiger charge is -2.25. The van der Waals surface area contributed by atoms with E-state index in [-0.39, 0.29) is 0 Å². The predicted molar refractivity (Wildman–Crippen MR) is 70.7 cm³/mol. The third-order valence-electron chi connectivity index (χ3n) is 3.76. The molecule has 0 aliphatic heterocycles. The van der Waals surface area contributed by atoms with Crippen LogP contribution in [-0.4, -0.2) is 0 Å². The standard InChI is InChI=1S/C15H23N/c1-2-3-4-6-12-7-5-8-13-11-14(16)9-10-15(12)13/h9-12H,2-8,16H2,1H3. The van der Waals surface area contributed by atoms with Crippen molar-refractivity contribution in [3.05, 3.63) is 29.3 Å². The summed E-state index contributed by atoms with van der Waals surface area (Å²) in [6.07, 6.45) is 9.39. The average molecular weight is 217 g/mol. The molecule has 0 amide bonds. The molecule has 1 aromatic carbocycles. The minimum atomic E-state index is 0.802. The number of benzene rings is 1. The lowest BCUT2D eigenvalue weighted by Crippen LogP contribution is -2.10. The van der Waals surface area contributed by atoms with Crippen molar-refractivity contribution < 1.29 is 0 Å². The smallest absolute Gasteiger partial charge is 0.0316 e. The van der Waals surface area contributed by atoms with E-state index in [1.165, 1.54) is 50.5 Å². The van der Waals surface area contributed by atoms with Gasteiger partial charge in [-0.1, -0.05) is 32.3 Å². The zero-order valence-electron chi connectivity index (χ0n) is 10.3. The van der Waals surface area contributed by atoms with E-state index in [0.717, 1.165) is 11.6 Å². The molecule has 1 aliphatic rings. The van der Waals surface area contributed by atoms with Crippen molar-refractivity contribution in [1.29, 1.82) is 0 Å². The Hall–Kier alpha value is -0.980. The fraction of sp³-hybridized carbons (Fsp3) is 0.600. The van der Waals surface area contributed by atoms with E-state index < -0.39 is 0 Å². The van der Waals surface area contributed by atoms with Crippen LogP contribution in [0.25, 0.3) is 0 Å². The zero-order chi connectivity index (χ0) is 11.4. The fourth-order valence-corrected chi connectivity index (χ4v) is 2.88. The number of hydrogen-bond acceptors (Lipinski definition) is 1. The molecule has 0 heterocycles. The van der Waals surface area contributed by atoms with Gasteiger partial charge < -0.3 is 5.73 Å². The van der Waals surface area contributed by atoms with Gasteiger partial charge in [-0.15, -0.1) is 0 Å². The molecular formula is C15H23N. The molecule has 1 heteroatoms. The summed E-state index contributed by atoms with van der Waals surface area (Å²) in [5.41, 5.74) is 9.86. The van der Waals surface area contributed by atoms with E-state index in [0.29, 0.717) is 0 Å². The Morgan fingerprint density at radius 3 is 3.00 bits per heavy atom. The minimum Gasteiger partial charge on any atom is -0.399 e. The van der Waals surface area contributed by atoms with Gasteiger partial charge in [-0.25, -0.2) is 0 Å². The van der Waals surface area contributed by atoms with Crippen LogP contribution in [0.15, 0.2) is 18.2 Å². The Bertz CT molecular complexity index is 343. The first-order chi connectivity index (χ1) is 7.81. The summed E-state index contributed by atoms with van der Waals surface area (Å²) in [5, 5.41) is 0. The molecular weight excluding hydrogens is 194 g/mol. The molecule has 16 heavy (non-hydrogen) atoms. The molecule has 88 valence electrons. The van der Waals surface area contributed by atoms with Crippen molar-refractivity contribution in [3.8, 4) is 0 Å². The number of hydrogen-bond donors (Lipinski definition) is 1. The molecule has 2 rings (SSSR count). The van der Waals surface area contributed by atoms with Gasteiger partial charge in [0.15, 0.2) is 0 Å². The molecule has 2 N–H and O–H groups in total. The largest absolute Gasteiger partial charge is 0.399 e. The van der Waals surface area contributed by atoms with Crippen LogP contribution in [0.1, 0.15) is 62.5 Å². The highest BCUT2D eigenvalue weighted by Crippen LogP contribution is 2.35. The van der Waals surface area contributed by atoms with E-state index >= 15 is 0 Å². The number of fused-ring (bicyclic) bond motifs is 1. The van der Waals surface area contributed by atoms with E-state index in [2.05, 4.69) is 25.1 Å². The molecule has 1 unspecified atom stereocenters. The number of aryl methyl sites for hydroxylation is 1. The van der Waals surface area contributed by atoms with Gasteiger partial charge in [0, 0.05) is 5.69 Å². The van der Waals surface area contributed by atoms with Crippen molar-refractivity contribution >= 4 is 5.69 Å². The van der Waals surface area contributed by atoms with Crippen LogP contribution in [0.2, 0.25) is 0 Å². The van der Waals surface area contributed by atoms with Crippen LogP contribution in [0.4, 0.5) is 5.69 Å². The lowest BCUT2D eigenvalue weighted by atomic mass is 9.80. The molecule has 0 fully saturated rings. The highest BCUT2D eigenvalue weighted by atomic mass is 14.5. The van der Waals surface area contributed by atoms with E-state index in [1.807, 2.05) is 0 Å². The molecule has 0 aromatic heterocycles. The Morgan fingerprint density at radius 2 is 2.19 bits per heavy atom. The molecule has 1 aromatic rings. The van der Waals surface area contributed by atoms with Crippen LogP contribution < -0.4 is 5.73 Å². The second-order valence-electron chi connectivity index (χ2n) is 5.04. The summed E-state index contributed by atoms with van der Waals surface area (Å²) < 4.78 is 0. The topological polar surface area (TPSA) is 26.0 Å². The quantitative estimate of drug-likeness (QED) is 0.591. The van der Waals surface area contributed by atoms with Crippen LogP contribution in [0, 0.1) is 0 Å². The first-order valence-corrected chi connectivity index (χ1v) is 6.69. The van der Waals surface area contributed by atoms with E-state index in [4.69, 9.17) is 5.73 Å². The van der Waals surface area contributed by atoms with E-state index in [9.17, 15) is 0 Å². The Labute approximate surface area is 99.0 Å². The molecule has 1 nitrogen and oxygen atoms in total. The van der Waals surface area contributed by atoms with Crippen LogP contribution in [-0.2, 0) is 6.42 Å². The van der Waals surface area contributed by atoms with Crippen LogP contribution >= 0.6 is 0 Å². The van der Waals surface area contributed by atoms with Crippen molar-refractivity contribution in [2.45, 2.75) is 57.8 Å². The molecule has 1 atom stereocenters. The Balaban J connectivity index is 2.07. The molecule has 0 bridgehead atoms. The first-order valence-electron chi connectivity index (χ1n) is 6.69.